The van der Waals surface area contributed by atoms with E-state index in [2.05, 4.69) is 30.7 Å². The third-order valence-corrected chi connectivity index (χ3v) is 9.51. The molecule has 3 saturated carbocycles. The third-order valence-electron chi connectivity index (χ3n) is 9.51. The zero-order chi connectivity index (χ0) is 19.5. The highest BCUT2D eigenvalue weighted by atomic mass is 16.7. The number of carbonyl (C=O) groups is 1. The van der Waals surface area contributed by atoms with E-state index in [1.165, 1.54) is 12.1 Å². The van der Waals surface area contributed by atoms with Crippen molar-refractivity contribution in [3.05, 3.63) is 11.8 Å². The Morgan fingerprint density at radius 2 is 2.04 bits per heavy atom. The van der Waals surface area contributed by atoms with Crippen LogP contribution in [0.4, 0.5) is 0 Å². The first-order valence-electron chi connectivity index (χ1n) is 11.4. The Kier molecular flexibility index (Phi) is 4.64. The maximum absolute atomic E-state index is 12.7. The molecule has 5 rings (SSSR count). The van der Waals surface area contributed by atoms with Crippen molar-refractivity contribution in [1.82, 2.24) is 10.8 Å². The van der Waals surface area contributed by atoms with Gasteiger partial charge in [0.2, 0.25) is 0 Å². The number of nitrogens with one attached hydrogen (secondary N) is 2. The van der Waals surface area contributed by atoms with E-state index in [1.807, 2.05) is 0 Å². The lowest BCUT2D eigenvalue weighted by atomic mass is 9.44. The van der Waals surface area contributed by atoms with Crippen LogP contribution < -0.4 is 10.8 Å². The number of ketones is 1. The van der Waals surface area contributed by atoms with Crippen LogP contribution >= 0.6 is 0 Å². The first-order valence-corrected chi connectivity index (χ1v) is 11.4. The molecule has 0 spiro atoms. The van der Waals surface area contributed by atoms with Crippen LogP contribution in [-0.4, -0.2) is 36.7 Å². The van der Waals surface area contributed by atoms with Gasteiger partial charge < -0.3 is 10.4 Å². The number of hydroxylamine groups is 1. The highest BCUT2D eigenvalue weighted by Crippen LogP contribution is 2.66. The molecule has 28 heavy (non-hydrogen) atoms. The molecule has 5 nitrogen and oxygen atoms in total. The molecule has 156 valence electrons. The summed E-state index contributed by atoms with van der Waals surface area (Å²) in [6, 6.07) is 0. The molecule has 0 radical (unpaired) electrons. The summed E-state index contributed by atoms with van der Waals surface area (Å²) in [5, 5.41) is 13.5. The molecule has 4 fully saturated rings. The first-order chi connectivity index (χ1) is 13.5. The molecule has 0 bridgehead atoms. The van der Waals surface area contributed by atoms with Gasteiger partial charge in [0.25, 0.3) is 0 Å². The first kappa shape index (κ1) is 19.1. The van der Waals surface area contributed by atoms with Gasteiger partial charge in [0.1, 0.15) is 11.9 Å². The van der Waals surface area contributed by atoms with Crippen molar-refractivity contribution in [2.45, 2.75) is 64.9 Å². The van der Waals surface area contributed by atoms with E-state index in [1.54, 1.807) is 0 Å². The van der Waals surface area contributed by atoms with Gasteiger partial charge in [-0.1, -0.05) is 19.9 Å². The molecule has 1 saturated heterocycles. The van der Waals surface area contributed by atoms with Crippen molar-refractivity contribution in [3.63, 3.8) is 0 Å². The molecule has 0 aromatic rings. The van der Waals surface area contributed by atoms with Gasteiger partial charge in [-0.05, 0) is 73.5 Å². The number of aliphatic hydroxyl groups excluding tert-OH is 1. The zero-order valence-corrected chi connectivity index (χ0v) is 17.4. The van der Waals surface area contributed by atoms with Crippen molar-refractivity contribution in [2.75, 3.05) is 19.7 Å². The second kappa shape index (κ2) is 6.82. The van der Waals surface area contributed by atoms with Crippen LogP contribution in [0.25, 0.3) is 0 Å². The van der Waals surface area contributed by atoms with E-state index in [0.717, 1.165) is 51.6 Å². The second-order valence-electron chi connectivity index (χ2n) is 10.7. The smallest absolute Gasteiger partial charge is 0.139 e. The molecular formula is C23H36N2O3. The number of carbonyl (C=O) groups excluding carboxylic acids is 1. The molecule has 5 aliphatic rings. The van der Waals surface area contributed by atoms with Crippen molar-refractivity contribution in [2.24, 2.45) is 40.4 Å². The molecule has 1 aliphatic heterocycles. The topological polar surface area (TPSA) is 70.6 Å². The summed E-state index contributed by atoms with van der Waals surface area (Å²) in [5.41, 5.74) is 4.62. The van der Waals surface area contributed by atoms with Gasteiger partial charge in [-0.3, -0.25) is 15.1 Å². The van der Waals surface area contributed by atoms with E-state index in [4.69, 9.17) is 4.84 Å². The van der Waals surface area contributed by atoms with E-state index in [0.29, 0.717) is 35.4 Å². The van der Waals surface area contributed by atoms with E-state index in [-0.39, 0.29) is 23.5 Å². The van der Waals surface area contributed by atoms with Gasteiger partial charge >= 0.3 is 0 Å². The van der Waals surface area contributed by atoms with Crippen LogP contribution in [-0.2, 0) is 9.63 Å². The molecule has 1 unspecified atom stereocenters. The van der Waals surface area contributed by atoms with Crippen LogP contribution in [0.1, 0.15) is 58.8 Å². The van der Waals surface area contributed by atoms with Gasteiger partial charge in [0.05, 0.1) is 0 Å². The van der Waals surface area contributed by atoms with Gasteiger partial charge in [-0.2, -0.15) is 0 Å². The fraction of sp³-hybridized carbons (Fsp3) is 0.870. The SMILES string of the molecule is C[C@]12CCC(NOC3CNC3)=CC1C[C@@H](CO)[C@@H]1[C@@H]2CC[C@]2(C)C(=O)CC[C@@H]12. The average Bonchev–Trinajstić information content (AvgIpc) is 2.95. The molecule has 0 aromatic carbocycles. The maximum Gasteiger partial charge on any atom is 0.139 e. The van der Waals surface area contributed by atoms with Crippen molar-refractivity contribution in [1.29, 1.82) is 0 Å². The molecule has 5 heteroatoms. The Bertz CT molecular complexity index is 675. The Hall–Kier alpha value is -0.910. The van der Waals surface area contributed by atoms with Gasteiger partial charge in [-0.25, -0.2) is 0 Å². The molecule has 1 heterocycles. The van der Waals surface area contributed by atoms with E-state index in [9.17, 15) is 9.90 Å². The molecule has 7 atom stereocenters. The predicted molar refractivity (Wildman–Crippen MR) is 107 cm³/mol. The number of hydrogen-bond donors (Lipinski definition) is 3. The average molecular weight is 389 g/mol. The molecule has 3 N–H and O–H groups in total. The van der Waals surface area contributed by atoms with Crippen LogP contribution in [0.15, 0.2) is 11.8 Å². The summed E-state index contributed by atoms with van der Waals surface area (Å²) in [6.07, 6.45) is 9.96. The molecule has 0 aromatic heterocycles. The van der Waals surface area contributed by atoms with Crippen LogP contribution in [0.3, 0.4) is 0 Å². The standard InChI is InChI=1S/C23H36N2O3/c1-22-7-5-16(25-28-17-11-24-12-17)10-15(22)9-14(13-26)21-18-3-4-20(27)23(18,2)8-6-19(21)22/h10,14-15,17-19,21,24-26H,3-9,11-13H2,1-2H3/t14-,15?,18-,19-,21-,22-,23-/m0/s1. The summed E-state index contributed by atoms with van der Waals surface area (Å²) in [6.45, 7) is 6.83. The zero-order valence-electron chi connectivity index (χ0n) is 17.4. The number of aliphatic hydroxyl groups is 1. The minimum Gasteiger partial charge on any atom is -0.396 e. The summed E-state index contributed by atoms with van der Waals surface area (Å²) >= 11 is 0. The minimum atomic E-state index is -0.125. The normalized spacial score (nSPS) is 48.2. The molecular weight excluding hydrogens is 352 g/mol. The summed E-state index contributed by atoms with van der Waals surface area (Å²) in [7, 11) is 0. The van der Waals surface area contributed by atoms with Crippen molar-refractivity contribution >= 4 is 5.78 Å². The number of Topliss-reactive ketones (excluding diaryl/α,β-unsaturated/α-hetero) is 1. The highest BCUT2D eigenvalue weighted by molar-refractivity contribution is 5.87. The number of rotatable bonds is 4. The Balaban J connectivity index is 1.39. The number of fused-ring (bicyclic) bond motifs is 5. The third kappa shape index (κ3) is 2.73. The highest BCUT2D eigenvalue weighted by Gasteiger charge is 2.61. The number of allylic oxidation sites excluding steroid dienone is 2. The lowest BCUT2D eigenvalue weighted by molar-refractivity contribution is -0.145. The fourth-order valence-corrected chi connectivity index (χ4v) is 7.57. The van der Waals surface area contributed by atoms with Crippen LogP contribution in [0.5, 0.6) is 0 Å². The summed E-state index contributed by atoms with van der Waals surface area (Å²) in [5.74, 6) is 2.92. The van der Waals surface area contributed by atoms with Gasteiger partial charge in [-0.15, -0.1) is 0 Å². The Morgan fingerprint density at radius 3 is 2.75 bits per heavy atom. The van der Waals surface area contributed by atoms with Crippen molar-refractivity contribution in [3.8, 4) is 0 Å². The van der Waals surface area contributed by atoms with Crippen molar-refractivity contribution < 1.29 is 14.7 Å². The predicted octanol–water partition coefficient (Wildman–Crippen LogP) is 2.80. The monoisotopic (exact) mass is 388 g/mol. The fourth-order valence-electron chi connectivity index (χ4n) is 7.57. The van der Waals surface area contributed by atoms with E-state index < -0.39 is 0 Å². The lowest BCUT2D eigenvalue weighted by Gasteiger charge is -2.61. The largest absolute Gasteiger partial charge is 0.396 e. The Morgan fingerprint density at radius 1 is 1.21 bits per heavy atom. The molecule has 0 amide bonds. The van der Waals surface area contributed by atoms with Crippen LogP contribution in [0.2, 0.25) is 0 Å². The maximum atomic E-state index is 12.7. The number of hydrogen-bond acceptors (Lipinski definition) is 5. The van der Waals surface area contributed by atoms with Gasteiger partial charge in [0.15, 0.2) is 0 Å². The lowest BCUT2D eigenvalue weighted by Crippen LogP contribution is -2.56. The van der Waals surface area contributed by atoms with E-state index >= 15 is 0 Å². The minimum absolute atomic E-state index is 0.125. The van der Waals surface area contributed by atoms with Crippen LogP contribution in [0, 0.1) is 40.4 Å². The molecule has 4 aliphatic carbocycles. The second-order valence-corrected chi connectivity index (χ2v) is 10.7. The van der Waals surface area contributed by atoms with Gasteiger partial charge in [0, 0.05) is 37.2 Å². The Labute approximate surface area is 168 Å². The summed E-state index contributed by atoms with van der Waals surface area (Å²) in [4.78, 5) is 18.5. The summed E-state index contributed by atoms with van der Waals surface area (Å²) < 4.78 is 0. The quantitative estimate of drug-likeness (QED) is 0.646.